The number of aryl methyl sites for hydroxylation is 1. The molecule has 0 aliphatic rings. The fourth-order valence-corrected chi connectivity index (χ4v) is 2.56. The largest absolute Gasteiger partial charge is 0.404 e. The second-order valence-corrected chi connectivity index (χ2v) is 6.32. The molecule has 0 atom stereocenters. The zero-order valence-electron chi connectivity index (χ0n) is 13.8. The van der Waals surface area contributed by atoms with Crippen LogP contribution in [0, 0.1) is 10.1 Å². The van der Waals surface area contributed by atoms with E-state index in [2.05, 4.69) is 21.0 Å². The average molecular weight is 416 g/mol. The van der Waals surface area contributed by atoms with Crippen molar-refractivity contribution >= 4 is 27.6 Å². The molecule has 0 saturated carbocycles. The third-order valence-corrected chi connectivity index (χ3v) is 4.20. The van der Waals surface area contributed by atoms with Crippen LogP contribution in [0.3, 0.4) is 0 Å². The highest BCUT2D eigenvalue weighted by molar-refractivity contribution is 9.10. The maximum absolute atomic E-state index is 12.4. The quantitative estimate of drug-likeness (QED) is 0.351. The summed E-state index contributed by atoms with van der Waals surface area (Å²) in [4.78, 5) is 22.7. The van der Waals surface area contributed by atoms with Crippen molar-refractivity contribution in [3.63, 3.8) is 0 Å². The Morgan fingerprint density at radius 1 is 1.19 bits per heavy atom. The lowest BCUT2D eigenvalue weighted by Crippen LogP contribution is -2.11. The molecule has 0 N–H and O–H groups in total. The van der Waals surface area contributed by atoms with Gasteiger partial charge in [-0.25, -0.2) is 9.48 Å². The number of nitro benzene ring substituents is 1. The molecule has 0 radical (unpaired) electrons. The number of non-ortho nitro benzene ring substituents is 1. The van der Waals surface area contributed by atoms with Crippen LogP contribution in [-0.4, -0.2) is 20.7 Å². The predicted octanol–water partition coefficient (Wildman–Crippen LogP) is 4.32. The van der Waals surface area contributed by atoms with E-state index in [1.165, 1.54) is 16.8 Å². The zero-order chi connectivity index (χ0) is 18.7. The minimum Gasteiger partial charge on any atom is -0.404 e. The molecule has 0 spiro atoms. The number of rotatable bonds is 5. The molecule has 7 nitrogen and oxygen atoms in total. The number of nitrogens with zero attached hydrogens (tertiary/aromatic N) is 3. The maximum Gasteiger partial charge on any atom is 0.344 e. The third-order valence-electron chi connectivity index (χ3n) is 3.67. The van der Waals surface area contributed by atoms with Crippen LogP contribution in [0.4, 0.5) is 5.69 Å². The van der Waals surface area contributed by atoms with Gasteiger partial charge in [0.15, 0.2) is 0 Å². The van der Waals surface area contributed by atoms with E-state index in [0.717, 1.165) is 10.2 Å². The third kappa shape index (κ3) is 3.80. The summed E-state index contributed by atoms with van der Waals surface area (Å²) in [7, 11) is 0. The number of hydrogen-bond donors (Lipinski definition) is 0. The molecule has 1 aromatic heterocycles. The smallest absolute Gasteiger partial charge is 0.344 e. The Kier molecular flexibility index (Phi) is 5.13. The van der Waals surface area contributed by atoms with Crippen molar-refractivity contribution < 1.29 is 14.5 Å². The van der Waals surface area contributed by atoms with Crippen LogP contribution < -0.4 is 4.74 Å². The molecule has 0 saturated heterocycles. The number of aromatic nitrogens is 2. The Bertz CT molecular complexity index is 950. The summed E-state index contributed by atoms with van der Waals surface area (Å²) >= 11 is 3.32. The highest BCUT2D eigenvalue weighted by Gasteiger charge is 2.16. The lowest BCUT2D eigenvalue weighted by atomic mass is 10.2. The first-order chi connectivity index (χ1) is 12.5. The van der Waals surface area contributed by atoms with Crippen LogP contribution in [-0.2, 0) is 6.42 Å². The minimum absolute atomic E-state index is 0.0231. The standard InChI is InChI=1S/C18H14BrN3O4/c1-2-14-11-17(26-18(23)12-3-5-13(19)6-4-12)21(20-14)15-7-9-16(10-8-15)22(24)25/h3-11H,2H2,1H3. The van der Waals surface area contributed by atoms with E-state index in [-0.39, 0.29) is 11.6 Å². The van der Waals surface area contributed by atoms with Gasteiger partial charge in [0, 0.05) is 22.7 Å². The van der Waals surface area contributed by atoms with Gasteiger partial charge in [-0.15, -0.1) is 0 Å². The van der Waals surface area contributed by atoms with E-state index >= 15 is 0 Å². The number of hydrogen-bond acceptors (Lipinski definition) is 5. The molecular weight excluding hydrogens is 402 g/mol. The summed E-state index contributed by atoms with van der Waals surface area (Å²) in [5, 5.41) is 15.2. The molecule has 0 bridgehead atoms. The first-order valence-corrected chi connectivity index (χ1v) is 8.58. The lowest BCUT2D eigenvalue weighted by molar-refractivity contribution is -0.384. The van der Waals surface area contributed by atoms with Gasteiger partial charge in [-0.3, -0.25) is 10.1 Å². The molecule has 1 heterocycles. The van der Waals surface area contributed by atoms with Gasteiger partial charge in [0.25, 0.3) is 5.69 Å². The molecule has 3 rings (SSSR count). The van der Waals surface area contributed by atoms with E-state index in [4.69, 9.17) is 4.74 Å². The van der Waals surface area contributed by atoms with Crippen LogP contribution in [0.5, 0.6) is 5.88 Å². The Balaban J connectivity index is 1.92. The SMILES string of the molecule is CCc1cc(OC(=O)c2ccc(Br)cc2)n(-c2ccc([N+](=O)[O-])cc2)n1. The Morgan fingerprint density at radius 3 is 2.42 bits per heavy atom. The van der Waals surface area contributed by atoms with Crippen molar-refractivity contribution in [3.8, 4) is 11.6 Å². The summed E-state index contributed by atoms with van der Waals surface area (Å²) in [6.45, 7) is 1.93. The summed E-state index contributed by atoms with van der Waals surface area (Å²) in [6.07, 6.45) is 0.656. The molecule has 2 aromatic carbocycles. The van der Waals surface area contributed by atoms with E-state index in [1.54, 1.807) is 42.5 Å². The van der Waals surface area contributed by atoms with Crippen LogP contribution >= 0.6 is 15.9 Å². The number of nitro groups is 1. The molecular formula is C18H14BrN3O4. The average Bonchev–Trinajstić information content (AvgIpc) is 3.05. The lowest BCUT2D eigenvalue weighted by Gasteiger charge is -2.08. The van der Waals surface area contributed by atoms with Gasteiger partial charge in [-0.2, -0.15) is 5.10 Å². The second-order valence-electron chi connectivity index (χ2n) is 5.41. The van der Waals surface area contributed by atoms with E-state index in [0.29, 0.717) is 17.7 Å². The van der Waals surface area contributed by atoms with E-state index in [9.17, 15) is 14.9 Å². The summed E-state index contributed by atoms with van der Waals surface area (Å²) in [5.74, 6) is -0.258. The van der Waals surface area contributed by atoms with Crippen molar-refractivity contribution in [2.45, 2.75) is 13.3 Å². The first kappa shape index (κ1) is 17.8. The summed E-state index contributed by atoms with van der Waals surface area (Å²) < 4.78 is 7.82. The van der Waals surface area contributed by atoms with Gasteiger partial charge in [-0.1, -0.05) is 22.9 Å². The maximum atomic E-state index is 12.4. The molecule has 0 amide bonds. The molecule has 26 heavy (non-hydrogen) atoms. The normalized spacial score (nSPS) is 10.5. The molecule has 8 heteroatoms. The fourth-order valence-electron chi connectivity index (χ4n) is 2.30. The zero-order valence-corrected chi connectivity index (χ0v) is 15.3. The molecule has 0 fully saturated rings. The minimum atomic E-state index is -0.511. The Morgan fingerprint density at radius 2 is 1.85 bits per heavy atom. The number of carbonyl (C=O) groups excluding carboxylic acids is 1. The Labute approximate surface area is 157 Å². The second kappa shape index (κ2) is 7.49. The molecule has 0 aliphatic heterocycles. The fraction of sp³-hybridized carbons (Fsp3) is 0.111. The van der Waals surface area contributed by atoms with Gasteiger partial charge in [0.05, 0.1) is 21.9 Å². The van der Waals surface area contributed by atoms with Gasteiger partial charge in [0.1, 0.15) is 0 Å². The summed E-state index contributed by atoms with van der Waals surface area (Å²) in [5.41, 5.74) is 1.68. The molecule has 3 aromatic rings. The van der Waals surface area contributed by atoms with Gasteiger partial charge in [0.2, 0.25) is 5.88 Å². The predicted molar refractivity (Wildman–Crippen MR) is 98.7 cm³/mol. The van der Waals surface area contributed by atoms with Crippen molar-refractivity contribution in [2.75, 3.05) is 0 Å². The number of esters is 1. The van der Waals surface area contributed by atoms with Gasteiger partial charge < -0.3 is 4.74 Å². The van der Waals surface area contributed by atoms with Gasteiger partial charge >= 0.3 is 5.97 Å². The van der Waals surface area contributed by atoms with Crippen molar-refractivity contribution in [2.24, 2.45) is 0 Å². The molecule has 0 unspecified atom stereocenters. The number of ether oxygens (including phenoxy) is 1. The Hall–Kier alpha value is -3.00. The van der Waals surface area contributed by atoms with Crippen LogP contribution in [0.1, 0.15) is 23.0 Å². The van der Waals surface area contributed by atoms with Crippen LogP contribution in [0.2, 0.25) is 0 Å². The topological polar surface area (TPSA) is 87.3 Å². The van der Waals surface area contributed by atoms with Crippen LogP contribution in [0.25, 0.3) is 5.69 Å². The highest BCUT2D eigenvalue weighted by Crippen LogP contribution is 2.23. The summed E-state index contributed by atoms with van der Waals surface area (Å²) in [6, 6.07) is 14.4. The molecule has 132 valence electrons. The number of carbonyl (C=O) groups is 1. The monoisotopic (exact) mass is 415 g/mol. The number of benzene rings is 2. The number of halogens is 1. The van der Waals surface area contributed by atoms with E-state index < -0.39 is 10.9 Å². The first-order valence-electron chi connectivity index (χ1n) is 7.79. The highest BCUT2D eigenvalue weighted by atomic mass is 79.9. The van der Waals surface area contributed by atoms with Crippen molar-refractivity contribution in [3.05, 3.63) is 80.4 Å². The van der Waals surface area contributed by atoms with Crippen molar-refractivity contribution in [1.29, 1.82) is 0 Å². The van der Waals surface area contributed by atoms with Gasteiger partial charge in [-0.05, 0) is 42.8 Å². The van der Waals surface area contributed by atoms with Crippen LogP contribution in [0.15, 0.2) is 59.1 Å². The van der Waals surface area contributed by atoms with Crippen molar-refractivity contribution in [1.82, 2.24) is 9.78 Å². The van der Waals surface area contributed by atoms with E-state index in [1.807, 2.05) is 6.92 Å². The molecule has 0 aliphatic carbocycles.